The molecule has 1 unspecified atom stereocenters. The number of aromatic nitrogens is 5. The molecule has 0 bridgehead atoms. The van der Waals surface area contributed by atoms with Crippen LogP contribution in [0, 0.1) is 0 Å². The number of rotatable bonds is 5. The highest BCUT2D eigenvalue weighted by Crippen LogP contribution is 2.34. The second kappa shape index (κ2) is 8.78. The van der Waals surface area contributed by atoms with E-state index in [0.29, 0.717) is 11.6 Å². The highest BCUT2D eigenvalue weighted by Gasteiger charge is 2.33. The molecule has 0 spiro atoms. The van der Waals surface area contributed by atoms with Gasteiger partial charge in [-0.1, -0.05) is 25.7 Å². The summed E-state index contributed by atoms with van der Waals surface area (Å²) in [5.74, 6) is 1.53. The number of tetrazole rings is 1. The van der Waals surface area contributed by atoms with Gasteiger partial charge in [0, 0.05) is 11.6 Å². The number of likely N-dealkylation sites (tertiary alicyclic amines) is 1. The minimum absolute atomic E-state index is 0.0871. The van der Waals surface area contributed by atoms with E-state index < -0.39 is 0 Å². The molecule has 1 saturated carbocycles. The number of H-pyrrole nitrogens is 1. The molecule has 1 N–H and O–H groups in total. The molecular weight excluding hydrogens is 392 g/mol. The molecule has 1 aromatic carbocycles. The molecule has 2 aromatic heterocycles. The molecule has 3 aromatic rings. The van der Waals surface area contributed by atoms with Gasteiger partial charge in [-0.15, -0.1) is 5.10 Å². The van der Waals surface area contributed by atoms with Crippen LogP contribution >= 0.6 is 0 Å². The quantitative estimate of drug-likeness (QED) is 0.676. The summed E-state index contributed by atoms with van der Waals surface area (Å²) in [6.45, 7) is 1.89. The number of aromatic amines is 1. The second-order valence-corrected chi connectivity index (χ2v) is 8.78. The maximum Gasteiger partial charge on any atom is 0.253 e. The van der Waals surface area contributed by atoms with Crippen molar-refractivity contribution in [1.82, 2.24) is 30.1 Å². The number of nitrogens with one attached hydrogen (secondary N) is 1. The molecular formula is C23H30N6O2. The molecule has 3 heterocycles. The number of ether oxygens (including phenoxy) is 1. The second-order valence-electron chi connectivity index (χ2n) is 8.78. The Bertz CT molecular complexity index is 1090. The van der Waals surface area contributed by atoms with Crippen molar-refractivity contribution in [1.29, 1.82) is 0 Å². The third kappa shape index (κ3) is 3.96. The van der Waals surface area contributed by atoms with E-state index in [2.05, 4.69) is 25.4 Å². The summed E-state index contributed by atoms with van der Waals surface area (Å²) in [6.07, 6.45) is 9.31. The summed E-state index contributed by atoms with van der Waals surface area (Å²) < 4.78 is 7.32. The Morgan fingerprint density at radius 2 is 1.84 bits per heavy atom. The first-order valence-electron chi connectivity index (χ1n) is 11.5. The first-order chi connectivity index (χ1) is 15.2. The molecule has 5 rings (SSSR count). The zero-order valence-corrected chi connectivity index (χ0v) is 18.1. The van der Waals surface area contributed by atoms with Crippen LogP contribution in [-0.4, -0.2) is 50.3 Å². The van der Waals surface area contributed by atoms with E-state index in [1.165, 1.54) is 25.7 Å². The molecule has 1 aliphatic heterocycles. The normalized spacial score (nSPS) is 19.5. The Kier molecular flexibility index (Phi) is 5.72. The van der Waals surface area contributed by atoms with Gasteiger partial charge in [0.2, 0.25) is 0 Å². The SMILES string of the molecule is COc1ccc2cc(C(c3nnnn3C3CCCC3)N3CCCCCC3)c(=O)[nH]c2c1. The molecule has 1 aliphatic carbocycles. The molecule has 164 valence electrons. The van der Waals surface area contributed by atoms with Gasteiger partial charge in [-0.3, -0.25) is 9.69 Å². The summed E-state index contributed by atoms with van der Waals surface area (Å²) in [5.41, 5.74) is 1.41. The highest BCUT2D eigenvalue weighted by molar-refractivity contribution is 5.80. The van der Waals surface area contributed by atoms with Gasteiger partial charge < -0.3 is 9.72 Å². The van der Waals surface area contributed by atoms with Crippen LogP contribution < -0.4 is 10.3 Å². The van der Waals surface area contributed by atoms with Gasteiger partial charge in [-0.2, -0.15) is 0 Å². The lowest BCUT2D eigenvalue weighted by molar-refractivity contribution is 0.216. The van der Waals surface area contributed by atoms with Crippen molar-refractivity contribution in [3.8, 4) is 5.75 Å². The van der Waals surface area contributed by atoms with E-state index in [1.54, 1.807) is 7.11 Å². The third-order valence-electron chi connectivity index (χ3n) is 6.82. The summed E-state index contributed by atoms with van der Waals surface area (Å²) in [4.78, 5) is 18.8. The van der Waals surface area contributed by atoms with Gasteiger partial charge in [-0.25, -0.2) is 4.68 Å². The van der Waals surface area contributed by atoms with Crippen LogP contribution in [0.3, 0.4) is 0 Å². The predicted octanol–water partition coefficient (Wildman–Crippen LogP) is 3.60. The number of hydrogen-bond donors (Lipinski definition) is 1. The number of hydrogen-bond acceptors (Lipinski definition) is 6. The van der Waals surface area contributed by atoms with Gasteiger partial charge in [0.15, 0.2) is 5.82 Å². The van der Waals surface area contributed by atoms with Gasteiger partial charge in [-0.05, 0) is 72.8 Å². The van der Waals surface area contributed by atoms with Crippen LogP contribution in [0.1, 0.15) is 74.8 Å². The third-order valence-corrected chi connectivity index (χ3v) is 6.82. The number of nitrogens with zero attached hydrogens (tertiary/aromatic N) is 5. The topological polar surface area (TPSA) is 88.9 Å². The average Bonchev–Trinajstić information content (AvgIpc) is 3.41. The summed E-state index contributed by atoms with van der Waals surface area (Å²) in [6, 6.07) is 7.87. The van der Waals surface area contributed by atoms with Crippen molar-refractivity contribution in [2.75, 3.05) is 20.2 Å². The van der Waals surface area contributed by atoms with Crippen LogP contribution in [0.5, 0.6) is 5.75 Å². The minimum atomic E-state index is -0.246. The Hall–Kier alpha value is -2.74. The molecule has 8 nitrogen and oxygen atoms in total. The molecule has 31 heavy (non-hydrogen) atoms. The van der Waals surface area contributed by atoms with Crippen LogP contribution in [0.15, 0.2) is 29.1 Å². The smallest absolute Gasteiger partial charge is 0.253 e. The van der Waals surface area contributed by atoms with E-state index in [-0.39, 0.29) is 11.6 Å². The van der Waals surface area contributed by atoms with Crippen molar-refractivity contribution in [2.45, 2.75) is 63.5 Å². The average molecular weight is 423 g/mol. The van der Waals surface area contributed by atoms with E-state index in [1.807, 2.05) is 28.9 Å². The van der Waals surface area contributed by atoms with E-state index >= 15 is 0 Å². The van der Waals surface area contributed by atoms with E-state index in [9.17, 15) is 4.79 Å². The van der Waals surface area contributed by atoms with Gasteiger partial charge >= 0.3 is 0 Å². The zero-order valence-electron chi connectivity index (χ0n) is 18.1. The maximum atomic E-state index is 13.3. The van der Waals surface area contributed by atoms with Crippen LogP contribution in [0.25, 0.3) is 10.9 Å². The van der Waals surface area contributed by atoms with Gasteiger partial charge in [0.1, 0.15) is 11.8 Å². The summed E-state index contributed by atoms with van der Waals surface area (Å²) >= 11 is 0. The largest absolute Gasteiger partial charge is 0.497 e. The lowest BCUT2D eigenvalue weighted by atomic mass is 10.0. The van der Waals surface area contributed by atoms with Crippen molar-refractivity contribution >= 4 is 10.9 Å². The molecule has 2 aliphatic rings. The first-order valence-corrected chi connectivity index (χ1v) is 11.5. The molecule has 1 atom stereocenters. The molecule has 0 amide bonds. The van der Waals surface area contributed by atoms with E-state index in [4.69, 9.17) is 4.74 Å². The Morgan fingerprint density at radius 1 is 1.06 bits per heavy atom. The lowest BCUT2D eigenvalue weighted by Gasteiger charge is -2.30. The maximum absolute atomic E-state index is 13.3. The van der Waals surface area contributed by atoms with Crippen molar-refractivity contribution < 1.29 is 4.74 Å². The van der Waals surface area contributed by atoms with Crippen molar-refractivity contribution in [3.63, 3.8) is 0 Å². The molecule has 0 radical (unpaired) electrons. The fraction of sp³-hybridized carbons (Fsp3) is 0.565. The standard InChI is InChI=1S/C23H30N6O2/c1-31-18-11-10-16-14-19(23(30)24-20(16)15-18)21(28-12-6-2-3-7-13-28)22-25-26-27-29(22)17-8-4-5-9-17/h10-11,14-15,17,21H,2-9,12-13H2,1H3,(H,24,30). The van der Waals surface area contributed by atoms with Crippen LogP contribution in [0.2, 0.25) is 0 Å². The fourth-order valence-corrected chi connectivity index (χ4v) is 5.17. The number of methoxy groups -OCH3 is 1. The van der Waals surface area contributed by atoms with Gasteiger partial charge in [0.05, 0.1) is 18.7 Å². The Labute approximate surface area is 181 Å². The highest BCUT2D eigenvalue weighted by atomic mass is 16.5. The Morgan fingerprint density at radius 3 is 2.58 bits per heavy atom. The monoisotopic (exact) mass is 422 g/mol. The summed E-state index contributed by atoms with van der Waals surface area (Å²) in [7, 11) is 1.63. The lowest BCUT2D eigenvalue weighted by Crippen LogP contribution is -2.36. The van der Waals surface area contributed by atoms with Crippen LogP contribution in [-0.2, 0) is 0 Å². The van der Waals surface area contributed by atoms with Crippen molar-refractivity contribution in [2.24, 2.45) is 0 Å². The fourth-order valence-electron chi connectivity index (χ4n) is 5.17. The Balaban J connectivity index is 1.63. The predicted molar refractivity (Wildman–Crippen MR) is 118 cm³/mol. The zero-order chi connectivity index (χ0) is 21.2. The van der Waals surface area contributed by atoms with E-state index in [0.717, 1.165) is 61.2 Å². The van der Waals surface area contributed by atoms with Gasteiger partial charge in [0.25, 0.3) is 5.56 Å². The number of benzene rings is 1. The summed E-state index contributed by atoms with van der Waals surface area (Å²) in [5, 5.41) is 13.9. The van der Waals surface area contributed by atoms with Crippen LogP contribution in [0.4, 0.5) is 0 Å². The minimum Gasteiger partial charge on any atom is -0.497 e. The molecule has 8 heteroatoms. The van der Waals surface area contributed by atoms with Crippen molar-refractivity contribution in [3.05, 3.63) is 46.0 Å². The molecule has 1 saturated heterocycles. The number of pyridine rings is 1. The molecule has 2 fully saturated rings. The number of fused-ring (bicyclic) bond motifs is 1. The first kappa shape index (κ1) is 20.2.